The number of allylic oxidation sites excluding steroid dienone is 2. The molecule has 1 N–H and O–H groups in total. The van der Waals surface area contributed by atoms with E-state index in [1.165, 1.54) is 12.3 Å². The van der Waals surface area contributed by atoms with Crippen LogP contribution in [0.3, 0.4) is 0 Å². The number of nitrogens with one attached hydrogen (secondary N) is 1. The topological polar surface area (TPSA) is 82.1 Å². The molecule has 0 radical (unpaired) electrons. The first-order chi connectivity index (χ1) is 14.9. The minimum atomic E-state index is -1.33. The number of aryl methyl sites for hydroxylation is 1. The SMILES string of the molecule is Cc1cc(OCC2=CCC(F)C=C2F)c(Cl)c(=N)n1Cc1ccn(C(=O)OC(C)(C)C)n1. The van der Waals surface area contributed by atoms with E-state index in [9.17, 15) is 13.6 Å². The summed E-state index contributed by atoms with van der Waals surface area (Å²) in [7, 11) is 0. The molecule has 2 heterocycles. The molecule has 0 saturated heterocycles. The lowest BCUT2D eigenvalue weighted by molar-refractivity contribution is 0.0513. The Bertz CT molecular complexity index is 1150. The maximum absolute atomic E-state index is 13.9. The van der Waals surface area contributed by atoms with Gasteiger partial charge in [0.2, 0.25) is 0 Å². The highest BCUT2D eigenvalue weighted by atomic mass is 35.5. The summed E-state index contributed by atoms with van der Waals surface area (Å²) in [5, 5.41) is 12.7. The van der Waals surface area contributed by atoms with Crippen molar-refractivity contribution in [2.45, 2.75) is 52.4 Å². The van der Waals surface area contributed by atoms with E-state index in [0.717, 1.165) is 10.8 Å². The van der Waals surface area contributed by atoms with Crippen LogP contribution in [0.15, 0.2) is 41.9 Å². The fourth-order valence-electron chi connectivity index (χ4n) is 3.04. The summed E-state index contributed by atoms with van der Waals surface area (Å²) in [6.45, 7) is 7.12. The van der Waals surface area contributed by atoms with E-state index in [2.05, 4.69) is 5.10 Å². The number of nitrogens with zero attached hydrogens (tertiary/aromatic N) is 3. The monoisotopic (exact) mass is 466 g/mol. The molecule has 0 spiro atoms. The molecule has 0 fully saturated rings. The molecule has 2 aromatic rings. The van der Waals surface area contributed by atoms with Crippen molar-refractivity contribution in [2.24, 2.45) is 0 Å². The molecule has 10 heteroatoms. The number of hydrogen-bond acceptors (Lipinski definition) is 5. The Morgan fingerprint density at radius 1 is 1.41 bits per heavy atom. The molecule has 0 amide bonds. The Labute approximate surface area is 189 Å². The number of hydrogen-bond donors (Lipinski definition) is 1. The predicted octanol–water partition coefficient (Wildman–Crippen LogP) is 4.86. The van der Waals surface area contributed by atoms with Crippen LogP contribution in [0.1, 0.15) is 38.6 Å². The lowest BCUT2D eigenvalue weighted by Gasteiger charge is -2.18. The maximum Gasteiger partial charge on any atom is 0.435 e. The van der Waals surface area contributed by atoms with Crippen molar-refractivity contribution in [3.63, 3.8) is 0 Å². The van der Waals surface area contributed by atoms with Gasteiger partial charge in [0.25, 0.3) is 0 Å². The molecule has 0 aliphatic heterocycles. The normalized spacial score (nSPS) is 16.4. The van der Waals surface area contributed by atoms with E-state index in [1.54, 1.807) is 44.4 Å². The number of rotatable bonds is 5. The van der Waals surface area contributed by atoms with E-state index in [0.29, 0.717) is 11.4 Å². The fraction of sp³-hybridized carbons (Fsp3) is 0.409. The average molecular weight is 467 g/mol. The number of aromatic nitrogens is 3. The number of ether oxygens (including phenoxy) is 2. The van der Waals surface area contributed by atoms with Crippen molar-refractivity contribution in [1.29, 1.82) is 5.41 Å². The predicted molar refractivity (Wildman–Crippen MR) is 115 cm³/mol. The van der Waals surface area contributed by atoms with Gasteiger partial charge in [0.1, 0.15) is 40.5 Å². The molecule has 0 bridgehead atoms. The van der Waals surface area contributed by atoms with Crippen LogP contribution in [0.5, 0.6) is 5.75 Å². The van der Waals surface area contributed by atoms with Crippen LogP contribution < -0.4 is 10.2 Å². The highest BCUT2D eigenvalue weighted by Gasteiger charge is 2.20. The fourth-order valence-corrected chi connectivity index (χ4v) is 3.25. The summed E-state index contributed by atoms with van der Waals surface area (Å²) < 4.78 is 40.7. The Hall–Kier alpha value is -2.94. The standard InChI is InChI=1S/C22H25ClF2N4O3/c1-13-9-18(31-12-14-5-6-15(24)10-17(14)25)19(23)20(26)28(13)11-16-7-8-29(27-16)21(30)32-22(2,3)4/h5,7-10,15,26H,6,11-12H2,1-4H3. The van der Waals surface area contributed by atoms with Crippen LogP contribution >= 0.6 is 11.6 Å². The van der Waals surface area contributed by atoms with Crippen LogP contribution in [0, 0.1) is 12.3 Å². The molecule has 0 aromatic carbocycles. The molecule has 1 aliphatic carbocycles. The second kappa shape index (κ2) is 9.28. The Morgan fingerprint density at radius 3 is 2.78 bits per heavy atom. The largest absolute Gasteiger partial charge is 0.487 e. The van der Waals surface area contributed by atoms with Crippen molar-refractivity contribution >= 4 is 17.7 Å². The summed E-state index contributed by atoms with van der Waals surface area (Å²) in [6, 6.07) is 3.28. The van der Waals surface area contributed by atoms with Gasteiger partial charge in [-0.2, -0.15) is 9.78 Å². The van der Waals surface area contributed by atoms with Crippen LogP contribution in [0.25, 0.3) is 0 Å². The molecule has 1 atom stereocenters. The first kappa shape index (κ1) is 23.7. The van der Waals surface area contributed by atoms with Gasteiger partial charge in [-0.05, 0) is 39.8 Å². The Kier molecular flexibility index (Phi) is 6.88. The van der Waals surface area contributed by atoms with Gasteiger partial charge in [-0.1, -0.05) is 17.7 Å². The van der Waals surface area contributed by atoms with Crippen molar-refractivity contribution in [3.05, 3.63) is 63.8 Å². The quantitative estimate of drug-likeness (QED) is 0.682. The third kappa shape index (κ3) is 5.64. The van der Waals surface area contributed by atoms with E-state index >= 15 is 0 Å². The highest BCUT2D eigenvalue weighted by Crippen LogP contribution is 2.26. The minimum Gasteiger partial charge on any atom is -0.487 e. The van der Waals surface area contributed by atoms with Gasteiger partial charge >= 0.3 is 6.09 Å². The van der Waals surface area contributed by atoms with Gasteiger partial charge in [0.15, 0.2) is 0 Å². The molecule has 2 aromatic heterocycles. The molecule has 0 saturated carbocycles. The average Bonchev–Trinajstić information content (AvgIpc) is 3.16. The van der Waals surface area contributed by atoms with Crippen molar-refractivity contribution in [3.8, 4) is 5.75 Å². The zero-order valence-corrected chi connectivity index (χ0v) is 19.0. The van der Waals surface area contributed by atoms with Gasteiger partial charge in [-0.3, -0.25) is 5.41 Å². The van der Waals surface area contributed by atoms with Crippen LogP contribution in [-0.4, -0.2) is 38.8 Å². The molecule has 3 rings (SSSR count). The minimum absolute atomic E-state index is 0.0223. The zero-order valence-electron chi connectivity index (χ0n) is 18.3. The summed E-state index contributed by atoms with van der Waals surface area (Å²) in [5.74, 6) is -0.435. The van der Waals surface area contributed by atoms with Crippen molar-refractivity contribution < 1.29 is 23.0 Å². The van der Waals surface area contributed by atoms with Crippen LogP contribution in [0.2, 0.25) is 5.02 Å². The summed E-state index contributed by atoms with van der Waals surface area (Å²) in [6.07, 6.45) is 2.01. The van der Waals surface area contributed by atoms with Crippen LogP contribution in [-0.2, 0) is 11.3 Å². The second-order valence-electron chi connectivity index (χ2n) is 8.42. The first-order valence-electron chi connectivity index (χ1n) is 10.0. The first-order valence-corrected chi connectivity index (χ1v) is 10.4. The number of halogens is 3. The molecular formula is C22H25ClF2N4O3. The molecule has 1 aliphatic rings. The smallest absolute Gasteiger partial charge is 0.435 e. The Morgan fingerprint density at radius 2 is 2.12 bits per heavy atom. The number of carbonyl (C=O) groups is 1. The zero-order chi connectivity index (χ0) is 23.6. The molecule has 32 heavy (non-hydrogen) atoms. The molecular weight excluding hydrogens is 442 g/mol. The van der Waals surface area contributed by atoms with Gasteiger partial charge in [-0.15, -0.1) is 0 Å². The second-order valence-corrected chi connectivity index (χ2v) is 8.79. The van der Waals surface area contributed by atoms with Crippen molar-refractivity contribution in [2.75, 3.05) is 6.61 Å². The molecule has 7 nitrogen and oxygen atoms in total. The van der Waals surface area contributed by atoms with Crippen LogP contribution in [0.4, 0.5) is 13.6 Å². The van der Waals surface area contributed by atoms with E-state index in [4.69, 9.17) is 26.5 Å². The highest BCUT2D eigenvalue weighted by molar-refractivity contribution is 6.31. The summed E-state index contributed by atoms with van der Waals surface area (Å²) in [5.41, 5.74) is 0.752. The number of alkyl halides is 1. The summed E-state index contributed by atoms with van der Waals surface area (Å²) >= 11 is 6.32. The molecule has 172 valence electrons. The third-order valence-corrected chi connectivity index (χ3v) is 4.98. The van der Waals surface area contributed by atoms with Gasteiger partial charge < -0.3 is 14.0 Å². The maximum atomic E-state index is 13.9. The lowest BCUT2D eigenvalue weighted by atomic mass is 10.1. The van der Waals surface area contributed by atoms with Gasteiger partial charge in [-0.25, -0.2) is 13.6 Å². The van der Waals surface area contributed by atoms with Crippen molar-refractivity contribution in [1.82, 2.24) is 14.3 Å². The molecule has 1 unspecified atom stereocenters. The van der Waals surface area contributed by atoms with Gasteiger partial charge in [0, 0.05) is 30.0 Å². The number of carbonyl (C=O) groups excluding carboxylic acids is 1. The van der Waals surface area contributed by atoms with E-state index in [-0.39, 0.29) is 41.4 Å². The Balaban J connectivity index is 1.75. The third-order valence-electron chi connectivity index (χ3n) is 4.61. The summed E-state index contributed by atoms with van der Waals surface area (Å²) in [4.78, 5) is 12.1. The van der Waals surface area contributed by atoms with Gasteiger partial charge in [0.05, 0.1) is 12.2 Å². The van der Waals surface area contributed by atoms with E-state index in [1.807, 2.05) is 0 Å². The van der Waals surface area contributed by atoms with E-state index < -0.39 is 23.7 Å². The number of pyridine rings is 1. The lowest BCUT2D eigenvalue weighted by Crippen LogP contribution is -2.28.